The van der Waals surface area contributed by atoms with E-state index in [0.717, 1.165) is 38.8 Å². The number of rotatable bonds is 5. The van der Waals surface area contributed by atoms with Gasteiger partial charge in [-0.2, -0.15) is 0 Å². The monoisotopic (exact) mass is 242 g/mol. The lowest BCUT2D eigenvalue weighted by Gasteiger charge is -2.35. The molecule has 0 radical (unpaired) electrons. The number of likely N-dealkylation sites (tertiary alicyclic amines) is 1. The van der Waals surface area contributed by atoms with Crippen LogP contribution in [-0.4, -0.2) is 41.7 Å². The van der Waals surface area contributed by atoms with Crippen molar-refractivity contribution in [3.8, 4) is 0 Å². The molecule has 4 nitrogen and oxygen atoms in total. The molecule has 0 aliphatic carbocycles. The van der Waals surface area contributed by atoms with E-state index in [0.29, 0.717) is 5.92 Å². The second-order valence-corrected chi connectivity index (χ2v) is 5.22. The summed E-state index contributed by atoms with van der Waals surface area (Å²) in [5.74, 6) is 0.768. The molecule has 0 spiro atoms. The number of aliphatic hydroxyl groups excluding tert-OH is 1. The summed E-state index contributed by atoms with van der Waals surface area (Å²) < 4.78 is 0. The summed E-state index contributed by atoms with van der Waals surface area (Å²) in [4.78, 5) is 14.1. The second-order valence-electron chi connectivity index (χ2n) is 5.22. The van der Waals surface area contributed by atoms with E-state index in [1.54, 1.807) is 0 Å². The van der Waals surface area contributed by atoms with Crippen LogP contribution in [0.5, 0.6) is 0 Å². The van der Waals surface area contributed by atoms with Crippen LogP contribution in [0.3, 0.4) is 0 Å². The van der Waals surface area contributed by atoms with Gasteiger partial charge in [-0.15, -0.1) is 0 Å². The first kappa shape index (κ1) is 14.5. The SMILES string of the molecule is CCC(C)C(N)C(=O)N1CCCC(CCO)C1. The first-order chi connectivity index (χ1) is 8.10. The fourth-order valence-corrected chi connectivity index (χ4v) is 2.39. The van der Waals surface area contributed by atoms with Gasteiger partial charge >= 0.3 is 0 Å². The van der Waals surface area contributed by atoms with E-state index in [4.69, 9.17) is 10.8 Å². The molecular formula is C13H26N2O2. The Bertz CT molecular complexity index is 244. The summed E-state index contributed by atoms with van der Waals surface area (Å²) in [5.41, 5.74) is 5.98. The molecule has 17 heavy (non-hydrogen) atoms. The topological polar surface area (TPSA) is 66.6 Å². The summed E-state index contributed by atoms with van der Waals surface area (Å²) >= 11 is 0. The summed E-state index contributed by atoms with van der Waals surface area (Å²) in [6, 6.07) is -0.368. The predicted molar refractivity (Wildman–Crippen MR) is 68.4 cm³/mol. The van der Waals surface area contributed by atoms with Crippen LogP contribution in [0.25, 0.3) is 0 Å². The Morgan fingerprint density at radius 3 is 2.88 bits per heavy atom. The Balaban J connectivity index is 2.51. The lowest BCUT2D eigenvalue weighted by atomic mass is 9.93. The molecule has 1 saturated heterocycles. The molecule has 1 rings (SSSR count). The average Bonchev–Trinajstić information content (AvgIpc) is 2.36. The zero-order valence-electron chi connectivity index (χ0n) is 11.1. The van der Waals surface area contributed by atoms with E-state index in [1.807, 2.05) is 11.8 Å². The number of nitrogens with two attached hydrogens (primary N) is 1. The lowest BCUT2D eigenvalue weighted by Crippen LogP contribution is -2.50. The summed E-state index contributed by atoms with van der Waals surface area (Å²) in [6.45, 7) is 5.89. The molecule has 3 unspecified atom stereocenters. The zero-order chi connectivity index (χ0) is 12.8. The molecule has 1 fully saturated rings. The molecule has 1 heterocycles. The van der Waals surface area contributed by atoms with E-state index in [2.05, 4.69) is 6.92 Å². The fourth-order valence-electron chi connectivity index (χ4n) is 2.39. The van der Waals surface area contributed by atoms with Crippen molar-refractivity contribution in [2.75, 3.05) is 19.7 Å². The number of aliphatic hydroxyl groups is 1. The van der Waals surface area contributed by atoms with Gasteiger partial charge in [0.2, 0.25) is 5.91 Å². The molecule has 100 valence electrons. The van der Waals surface area contributed by atoms with Crippen LogP contribution in [0.2, 0.25) is 0 Å². The maximum Gasteiger partial charge on any atom is 0.239 e. The van der Waals surface area contributed by atoms with Gasteiger partial charge in [-0.3, -0.25) is 4.79 Å². The minimum absolute atomic E-state index is 0.0852. The highest BCUT2D eigenvalue weighted by atomic mass is 16.3. The highest BCUT2D eigenvalue weighted by Crippen LogP contribution is 2.20. The Hall–Kier alpha value is -0.610. The molecule has 0 aromatic heterocycles. The molecule has 3 atom stereocenters. The highest BCUT2D eigenvalue weighted by Gasteiger charge is 2.28. The number of carbonyl (C=O) groups is 1. The van der Waals surface area contributed by atoms with Crippen LogP contribution in [0, 0.1) is 11.8 Å². The van der Waals surface area contributed by atoms with E-state index >= 15 is 0 Å². The zero-order valence-corrected chi connectivity index (χ0v) is 11.1. The lowest BCUT2D eigenvalue weighted by molar-refractivity contribution is -0.135. The number of hydrogen-bond donors (Lipinski definition) is 2. The molecule has 1 aliphatic rings. The molecule has 1 aliphatic heterocycles. The highest BCUT2D eigenvalue weighted by molar-refractivity contribution is 5.82. The maximum absolute atomic E-state index is 12.2. The van der Waals surface area contributed by atoms with Gasteiger partial charge in [0, 0.05) is 19.7 Å². The normalized spacial score (nSPS) is 24.5. The van der Waals surface area contributed by atoms with E-state index in [9.17, 15) is 4.79 Å². The Morgan fingerprint density at radius 1 is 1.59 bits per heavy atom. The first-order valence-electron chi connectivity index (χ1n) is 6.75. The fraction of sp³-hybridized carbons (Fsp3) is 0.923. The van der Waals surface area contributed by atoms with E-state index in [1.165, 1.54) is 0 Å². The number of amides is 1. The number of nitrogens with zero attached hydrogens (tertiary/aromatic N) is 1. The quantitative estimate of drug-likeness (QED) is 0.755. The largest absolute Gasteiger partial charge is 0.396 e. The smallest absolute Gasteiger partial charge is 0.239 e. The molecule has 4 heteroatoms. The molecule has 0 saturated carbocycles. The Morgan fingerprint density at radius 2 is 2.29 bits per heavy atom. The van der Waals surface area contributed by atoms with Crippen LogP contribution in [0.15, 0.2) is 0 Å². The third kappa shape index (κ3) is 3.96. The van der Waals surface area contributed by atoms with Crippen LogP contribution in [0.1, 0.15) is 39.5 Å². The van der Waals surface area contributed by atoms with Gasteiger partial charge in [-0.1, -0.05) is 20.3 Å². The third-order valence-electron chi connectivity index (χ3n) is 3.91. The van der Waals surface area contributed by atoms with Crippen LogP contribution in [-0.2, 0) is 4.79 Å². The van der Waals surface area contributed by atoms with Gasteiger partial charge in [-0.25, -0.2) is 0 Å². The average molecular weight is 242 g/mol. The van der Waals surface area contributed by atoms with Crippen LogP contribution >= 0.6 is 0 Å². The molecule has 0 aromatic rings. The molecule has 1 amide bonds. The standard InChI is InChI=1S/C13H26N2O2/c1-3-10(2)12(14)13(17)15-7-4-5-11(9-15)6-8-16/h10-12,16H,3-9,14H2,1-2H3. The van der Waals surface area contributed by atoms with Gasteiger partial charge in [0.1, 0.15) is 0 Å². The minimum Gasteiger partial charge on any atom is -0.396 e. The Kier molecular flexibility index (Phi) is 5.92. The van der Waals surface area contributed by atoms with Gasteiger partial charge in [0.15, 0.2) is 0 Å². The molecule has 0 bridgehead atoms. The van der Waals surface area contributed by atoms with Gasteiger partial charge in [0.25, 0.3) is 0 Å². The van der Waals surface area contributed by atoms with Crippen molar-refractivity contribution in [1.82, 2.24) is 4.90 Å². The van der Waals surface area contributed by atoms with Crippen LogP contribution in [0.4, 0.5) is 0 Å². The second kappa shape index (κ2) is 6.97. The van der Waals surface area contributed by atoms with Gasteiger partial charge in [-0.05, 0) is 31.1 Å². The van der Waals surface area contributed by atoms with Gasteiger partial charge in [0.05, 0.1) is 6.04 Å². The molecular weight excluding hydrogens is 216 g/mol. The number of piperidine rings is 1. The number of carbonyl (C=O) groups excluding carboxylic acids is 1. The minimum atomic E-state index is -0.368. The summed E-state index contributed by atoms with van der Waals surface area (Å²) in [5, 5.41) is 8.95. The van der Waals surface area contributed by atoms with Crippen molar-refractivity contribution in [2.45, 2.75) is 45.6 Å². The van der Waals surface area contributed by atoms with Crippen molar-refractivity contribution in [2.24, 2.45) is 17.6 Å². The van der Waals surface area contributed by atoms with E-state index < -0.39 is 0 Å². The van der Waals surface area contributed by atoms with Crippen molar-refractivity contribution in [1.29, 1.82) is 0 Å². The first-order valence-corrected chi connectivity index (χ1v) is 6.75. The third-order valence-corrected chi connectivity index (χ3v) is 3.91. The van der Waals surface area contributed by atoms with Crippen molar-refractivity contribution in [3.63, 3.8) is 0 Å². The molecule has 3 N–H and O–H groups in total. The van der Waals surface area contributed by atoms with Crippen molar-refractivity contribution < 1.29 is 9.90 Å². The summed E-state index contributed by atoms with van der Waals surface area (Å²) in [7, 11) is 0. The van der Waals surface area contributed by atoms with E-state index in [-0.39, 0.29) is 24.5 Å². The predicted octanol–water partition coefficient (Wildman–Crippen LogP) is 0.981. The maximum atomic E-state index is 12.2. The van der Waals surface area contributed by atoms with Crippen molar-refractivity contribution in [3.05, 3.63) is 0 Å². The molecule has 0 aromatic carbocycles. The number of hydrogen-bond acceptors (Lipinski definition) is 3. The Labute approximate surface area is 104 Å². The summed E-state index contributed by atoms with van der Waals surface area (Å²) in [6.07, 6.45) is 3.87. The van der Waals surface area contributed by atoms with Gasteiger partial charge < -0.3 is 15.7 Å². The van der Waals surface area contributed by atoms with Crippen LogP contribution < -0.4 is 5.73 Å². The van der Waals surface area contributed by atoms with Crippen molar-refractivity contribution >= 4 is 5.91 Å².